The van der Waals surface area contributed by atoms with Crippen LogP contribution < -0.4 is 5.73 Å². The van der Waals surface area contributed by atoms with Crippen LogP contribution in [0.15, 0.2) is 24.3 Å². The zero-order valence-electron chi connectivity index (χ0n) is 15.2. The predicted molar refractivity (Wildman–Crippen MR) is 98.2 cm³/mol. The number of carbonyl (C=O) groups is 2. The summed E-state index contributed by atoms with van der Waals surface area (Å²) >= 11 is 0. The second kappa shape index (κ2) is 7.56. The summed E-state index contributed by atoms with van der Waals surface area (Å²) in [5.74, 6) is -0.0247. The average molecular weight is 343 g/mol. The van der Waals surface area contributed by atoms with Crippen LogP contribution >= 0.6 is 0 Å². The molecular formula is C20H29N3O2. The van der Waals surface area contributed by atoms with E-state index < -0.39 is 0 Å². The van der Waals surface area contributed by atoms with E-state index in [1.54, 1.807) is 0 Å². The first-order chi connectivity index (χ1) is 12.0. The summed E-state index contributed by atoms with van der Waals surface area (Å²) in [6.45, 7) is 5.36. The van der Waals surface area contributed by atoms with E-state index in [2.05, 4.69) is 36.1 Å². The molecule has 5 nitrogen and oxygen atoms in total. The normalized spacial score (nSPS) is 21.1. The zero-order valence-corrected chi connectivity index (χ0v) is 15.2. The molecule has 2 amide bonds. The maximum Gasteiger partial charge on any atom is 0.233 e. The molecule has 0 radical (unpaired) electrons. The van der Waals surface area contributed by atoms with E-state index in [1.165, 1.54) is 11.1 Å². The number of amides is 2. The van der Waals surface area contributed by atoms with E-state index in [9.17, 15) is 9.59 Å². The van der Waals surface area contributed by atoms with E-state index in [1.807, 2.05) is 4.90 Å². The molecule has 1 aromatic carbocycles. The summed E-state index contributed by atoms with van der Waals surface area (Å²) in [5.41, 5.74) is 7.34. The summed E-state index contributed by atoms with van der Waals surface area (Å²) < 4.78 is 0. The van der Waals surface area contributed by atoms with E-state index in [0.717, 1.165) is 51.7 Å². The Morgan fingerprint density at radius 3 is 2.52 bits per heavy atom. The fourth-order valence-electron chi connectivity index (χ4n) is 4.40. The van der Waals surface area contributed by atoms with Crippen LogP contribution in [0.5, 0.6) is 0 Å². The first-order valence-corrected chi connectivity index (χ1v) is 9.38. The van der Waals surface area contributed by atoms with Gasteiger partial charge in [0.05, 0.1) is 12.0 Å². The van der Waals surface area contributed by atoms with Gasteiger partial charge in [-0.1, -0.05) is 42.7 Å². The molecule has 0 aromatic heterocycles. The molecule has 0 spiro atoms. The van der Waals surface area contributed by atoms with Gasteiger partial charge in [0, 0.05) is 26.2 Å². The van der Waals surface area contributed by atoms with Gasteiger partial charge >= 0.3 is 0 Å². The lowest BCUT2D eigenvalue weighted by Crippen LogP contribution is -2.47. The number of rotatable bonds is 4. The molecule has 0 bridgehead atoms. The number of aryl methyl sites for hydroxylation is 1. The van der Waals surface area contributed by atoms with Crippen molar-refractivity contribution >= 4 is 11.8 Å². The number of nitrogens with zero attached hydrogens (tertiary/aromatic N) is 2. The quantitative estimate of drug-likeness (QED) is 0.907. The Labute approximate surface area is 150 Å². The van der Waals surface area contributed by atoms with Crippen molar-refractivity contribution in [2.75, 3.05) is 32.7 Å². The SMILES string of the molecule is Cc1cccc(C2(C(=O)N3CCCN(CC(N)=O)CC3)CCCC2)c1. The lowest BCUT2D eigenvalue weighted by atomic mass is 9.77. The van der Waals surface area contributed by atoms with Crippen LogP contribution in [0.1, 0.15) is 43.2 Å². The van der Waals surface area contributed by atoms with Crippen molar-refractivity contribution in [3.63, 3.8) is 0 Å². The van der Waals surface area contributed by atoms with Crippen molar-refractivity contribution < 1.29 is 9.59 Å². The molecule has 1 aliphatic carbocycles. The molecule has 1 heterocycles. The zero-order chi connectivity index (χ0) is 17.9. The maximum absolute atomic E-state index is 13.5. The van der Waals surface area contributed by atoms with Gasteiger partial charge < -0.3 is 10.6 Å². The van der Waals surface area contributed by atoms with Crippen molar-refractivity contribution in [2.45, 2.75) is 44.4 Å². The predicted octanol–water partition coefficient (Wildman–Crippen LogP) is 1.83. The van der Waals surface area contributed by atoms with Gasteiger partial charge in [-0.2, -0.15) is 0 Å². The Morgan fingerprint density at radius 2 is 1.84 bits per heavy atom. The molecule has 2 fully saturated rings. The molecule has 5 heteroatoms. The fourth-order valence-corrected chi connectivity index (χ4v) is 4.40. The van der Waals surface area contributed by atoms with Crippen molar-refractivity contribution in [3.05, 3.63) is 35.4 Å². The van der Waals surface area contributed by atoms with Gasteiger partial charge in [-0.25, -0.2) is 0 Å². The van der Waals surface area contributed by atoms with Crippen molar-refractivity contribution in [3.8, 4) is 0 Å². The third kappa shape index (κ3) is 3.87. The van der Waals surface area contributed by atoms with Crippen LogP contribution in [-0.2, 0) is 15.0 Å². The molecule has 1 aliphatic heterocycles. The first kappa shape index (κ1) is 17.9. The molecular weight excluding hydrogens is 314 g/mol. The van der Waals surface area contributed by atoms with Gasteiger partial charge in [-0.15, -0.1) is 0 Å². The summed E-state index contributed by atoms with van der Waals surface area (Å²) in [7, 11) is 0. The van der Waals surface area contributed by atoms with Crippen LogP contribution in [0.25, 0.3) is 0 Å². The first-order valence-electron chi connectivity index (χ1n) is 9.38. The van der Waals surface area contributed by atoms with E-state index in [0.29, 0.717) is 6.54 Å². The number of nitrogens with two attached hydrogens (primary N) is 1. The minimum atomic E-state index is -0.356. The molecule has 1 saturated carbocycles. The highest BCUT2D eigenvalue weighted by Gasteiger charge is 2.45. The van der Waals surface area contributed by atoms with E-state index in [4.69, 9.17) is 5.73 Å². The number of hydrogen-bond acceptors (Lipinski definition) is 3. The van der Waals surface area contributed by atoms with Gasteiger partial charge in [0.15, 0.2) is 0 Å². The third-order valence-corrected chi connectivity index (χ3v) is 5.69. The standard InChI is InChI=1S/C20H29N3O2/c1-16-6-4-7-17(14-16)20(8-2-3-9-20)19(25)23-11-5-10-22(12-13-23)15-18(21)24/h4,6-7,14H,2-3,5,8-13,15H2,1H3,(H2,21,24). The highest BCUT2D eigenvalue weighted by atomic mass is 16.2. The summed E-state index contributed by atoms with van der Waals surface area (Å²) in [6.07, 6.45) is 5.00. The molecule has 1 saturated heterocycles. The second-order valence-electron chi connectivity index (χ2n) is 7.55. The highest BCUT2D eigenvalue weighted by Crippen LogP contribution is 2.43. The highest BCUT2D eigenvalue weighted by molar-refractivity contribution is 5.88. The smallest absolute Gasteiger partial charge is 0.233 e. The van der Waals surface area contributed by atoms with Gasteiger partial charge in [0.2, 0.25) is 11.8 Å². The van der Waals surface area contributed by atoms with Gasteiger partial charge in [0.25, 0.3) is 0 Å². The third-order valence-electron chi connectivity index (χ3n) is 5.69. The van der Waals surface area contributed by atoms with E-state index in [-0.39, 0.29) is 23.8 Å². The van der Waals surface area contributed by atoms with Crippen LogP contribution in [0, 0.1) is 6.92 Å². The van der Waals surface area contributed by atoms with Crippen molar-refractivity contribution in [2.24, 2.45) is 5.73 Å². The minimum Gasteiger partial charge on any atom is -0.369 e. The Kier molecular flexibility index (Phi) is 5.42. The second-order valence-corrected chi connectivity index (χ2v) is 7.55. The Hall–Kier alpha value is -1.88. The van der Waals surface area contributed by atoms with E-state index >= 15 is 0 Å². The average Bonchev–Trinajstić information content (AvgIpc) is 2.97. The van der Waals surface area contributed by atoms with Crippen LogP contribution in [0.4, 0.5) is 0 Å². The topological polar surface area (TPSA) is 66.6 Å². The number of carbonyl (C=O) groups excluding carboxylic acids is 2. The number of hydrogen-bond donors (Lipinski definition) is 1. The molecule has 0 atom stereocenters. The lowest BCUT2D eigenvalue weighted by Gasteiger charge is -2.34. The number of benzene rings is 1. The van der Waals surface area contributed by atoms with Crippen LogP contribution in [-0.4, -0.2) is 54.3 Å². The monoisotopic (exact) mass is 343 g/mol. The minimum absolute atomic E-state index is 0.275. The van der Waals surface area contributed by atoms with Gasteiger partial charge in [0.1, 0.15) is 0 Å². The molecule has 25 heavy (non-hydrogen) atoms. The van der Waals surface area contributed by atoms with Gasteiger partial charge in [-0.05, 0) is 31.7 Å². The molecule has 1 aromatic rings. The Bertz CT molecular complexity index is 638. The summed E-state index contributed by atoms with van der Waals surface area (Å²) in [5, 5.41) is 0. The summed E-state index contributed by atoms with van der Waals surface area (Å²) in [4.78, 5) is 28.8. The molecule has 0 unspecified atom stereocenters. The summed E-state index contributed by atoms with van der Waals surface area (Å²) in [6, 6.07) is 8.45. The van der Waals surface area contributed by atoms with Crippen LogP contribution in [0.2, 0.25) is 0 Å². The van der Waals surface area contributed by atoms with Crippen molar-refractivity contribution in [1.82, 2.24) is 9.80 Å². The molecule has 2 aliphatic rings. The largest absolute Gasteiger partial charge is 0.369 e. The Morgan fingerprint density at radius 1 is 1.08 bits per heavy atom. The molecule has 2 N–H and O–H groups in total. The Balaban J connectivity index is 1.78. The lowest BCUT2D eigenvalue weighted by molar-refractivity contribution is -0.137. The number of primary amides is 1. The van der Waals surface area contributed by atoms with Gasteiger partial charge in [-0.3, -0.25) is 14.5 Å². The molecule has 136 valence electrons. The fraction of sp³-hybridized carbons (Fsp3) is 0.600. The molecule has 3 rings (SSSR count). The maximum atomic E-state index is 13.5. The van der Waals surface area contributed by atoms with Crippen LogP contribution in [0.3, 0.4) is 0 Å². The van der Waals surface area contributed by atoms with Crippen molar-refractivity contribution in [1.29, 1.82) is 0 Å².